The number of carbonyl (C=O) groups is 1. The van der Waals surface area contributed by atoms with Crippen LogP contribution in [0.15, 0.2) is 24.3 Å². The molecule has 1 amide bonds. The Balaban J connectivity index is 1.79. The molecule has 96 valence electrons. The van der Waals surface area contributed by atoms with Crippen LogP contribution in [0.5, 0.6) is 0 Å². The number of carbonyl (C=O) groups excluding carboxylic acids is 1. The van der Waals surface area contributed by atoms with E-state index in [4.69, 9.17) is 0 Å². The zero-order chi connectivity index (χ0) is 12.5. The molecule has 3 rings (SSSR count). The van der Waals surface area contributed by atoms with Crippen molar-refractivity contribution in [1.82, 2.24) is 9.80 Å². The van der Waals surface area contributed by atoms with Crippen LogP contribution in [-0.2, 0) is 17.8 Å². The molecule has 1 saturated heterocycles. The van der Waals surface area contributed by atoms with Gasteiger partial charge in [-0.05, 0) is 37.4 Å². The molecule has 0 spiro atoms. The summed E-state index contributed by atoms with van der Waals surface area (Å²) < 4.78 is 0. The fourth-order valence-electron chi connectivity index (χ4n) is 3.08. The van der Waals surface area contributed by atoms with Crippen LogP contribution in [0, 0.1) is 0 Å². The number of rotatable bonds is 1. The van der Waals surface area contributed by atoms with Gasteiger partial charge in [0.25, 0.3) is 0 Å². The molecule has 1 unspecified atom stereocenters. The summed E-state index contributed by atoms with van der Waals surface area (Å²) in [5, 5.41) is 0. The van der Waals surface area contributed by atoms with Gasteiger partial charge in [0, 0.05) is 19.6 Å². The highest BCUT2D eigenvalue weighted by Gasteiger charge is 2.32. The molecule has 0 aromatic heterocycles. The quantitative estimate of drug-likeness (QED) is 0.750. The van der Waals surface area contributed by atoms with E-state index in [0.29, 0.717) is 5.91 Å². The molecule has 1 aromatic carbocycles. The molecule has 18 heavy (non-hydrogen) atoms. The number of likely N-dealkylation sites (N-methyl/N-ethyl adjacent to an activating group) is 1. The molecule has 0 bridgehead atoms. The number of hydrogen-bond donors (Lipinski definition) is 0. The van der Waals surface area contributed by atoms with Gasteiger partial charge in [-0.15, -0.1) is 0 Å². The standard InChI is InChI=1S/C15H20N2O/c1-16-11-13-7-3-2-6-12(13)10-14(16)15(18)17-8-4-5-9-17/h2-3,6-7,14H,4-5,8-11H2,1H3. The molecule has 3 nitrogen and oxygen atoms in total. The topological polar surface area (TPSA) is 23.6 Å². The highest BCUT2D eigenvalue weighted by molar-refractivity contribution is 5.82. The largest absolute Gasteiger partial charge is 0.341 e. The minimum absolute atomic E-state index is 0.0398. The molecular weight excluding hydrogens is 224 g/mol. The molecule has 2 heterocycles. The number of amides is 1. The Labute approximate surface area is 108 Å². The van der Waals surface area contributed by atoms with E-state index in [9.17, 15) is 4.79 Å². The van der Waals surface area contributed by atoms with Gasteiger partial charge in [-0.2, -0.15) is 0 Å². The average Bonchev–Trinajstić information content (AvgIpc) is 2.91. The lowest BCUT2D eigenvalue weighted by Crippen LogP contribution is -2.49. The van der Waals surface area contributed by atoms with E-state index in [1.54, 1.807) is 0 Å². The molecule has 1 aromatic rings. The number of hydrogen-bond acceptors (Lipinski definition) is 2. The van der Waals surface area contributed by atoms with Crippen molar-refractivity contribution in [2.24, 2.45) is 0 Å². The summed E-state index contributed by atoms with van der Waals surface area (Å²) in [4.78, 5) is 16.7. The van der Waals surface area contributed by atoms with Gasteiger partial charge in [0.05, 0.1) is 6.04 Å². The van der Waals surface area contributed by atoms with Crippen LogP contribution in [0.25, 0.3) is 0 Å². The first-order chi connectivity index (χ1) is 8.75. The van der Waals surface area contributed by atoms with Gasteiger partial charge in [0.2, 0.25) is 5.91 Å². The van der Waals surface area contributed by atoms with E-state index in [-0.39, 0.29) is 6.04 Å². The van der Waals surface area contributed by atoms with Crippen molar-refractivity contribution >= 4 is 5.91 Å². The zero-order valence-corrected chi connectivity index (χ0v) is 10.9. The van der Waals surface area contributed by atoms with Crippen LogP contribution in [0.3, 0.4) is 0 Å². The Morgan fingerprint density at radius 3 is 2.56 bits per heavy atom. The van der Waals surface area contributed by atoms with Crippen molar-refractivity contribution in [2.75, 3.05) is 20.1 Å². The summed E-state index contributed by atoms with van der Waals surface area (Å²) in [5.41, 5.74) is 2.71. The van der Waals surface area contributed by atoms with E-state index < -0.39 is 0 Å². The average molecular weight is 244 g/mol. The molecule has 0 radical (unpaired) electrons. The minimum atomic E-state index is 0.0398. The molecule has 1 atom stereocenters. The zero-order valence-electron chi connectivity index (χ0n) is 10.9. The summed E-state index contributed by atoms with van der Waals surface area (Å²) in [6.45, 7) is 2.79. The second kappa shape index (κ2) is 4.73. The Morgan fingerprint density at radius 2 is 1.83 bits per heavy atom. The first kappa shape index (κ1) is 11.7. The third-order valence-electron chi connectivity index (χ3n) is 4.19. The van der Waals surface area contributed by atoms with E-state index in [1.165, 1.54) is 24.0 Å². The van der Waals surface area contributed by atoms with Gasteiger partial charge >= 0.3 is 0 Å². The lowest BCUT2D eigenvalue weighted by molar-refractivity contribution is -0.135. The first-order valence-corrected chi connectivity index (χ1v) is 6.81. The summed E-state index contributed by atoms with van der Waals surface area (Å²) in [6, 6.07) is 8.52. The van der Waals surface area contributed by atoms with Crippen molar-refractivity contribution in [3.63, 3.8) is 0 Å². The maximum Gasteiger partial charge on any atom is 0.240 e. The fourth-order valence-corrected chi connectivity index (χ4v) is 3.08. The first-order valence-electron chi connectivity index (χ1n) is 6.81. The highest BCUT2D eigenvalue weighted by Crippen LogP contribution is 2.24. The predicted molar refractivity (Wildman–Crippen MR) is 71.2 cm³/mol. The smallest absolute Gasteiger partial charge is 0.240 e. The van der Waals surface area contributed by atoms with Crippen LogP contribution in [-0.4, -0.2) is 41.9 Å². The second-order valence-corrected chi connectivity index (χ2v) is 5.44. The number of likely N-dealkylation sites (tertiary alicyclic amines) is 1. The minimum Gasteiger partial charge on any atom is -0.341 e. The molecule has 1 fully saturated rings. The van der Waals surface area contributed by atoms with Crippen molar-refractivity contribution in [3.8, 4) is 0 Å². The summed E-state index contributed by atoms with van der Waals surface area (Å²) in [7, 11) is 2.06. The molecule has 0 aliphatic carbocycles. The summed E-state index contributed by atoms with van der Waals surface area (Å²) >= 11 is 0. The van der Waals surface area contributed by atoms with E-state index in [1.807, 2.05) is 4.90 Å². The van der Waals surface area contributed by atoms with Gasteiger partial charge in [0.15, 0.2) is 0 Å². The van der Waals surface area contributed by atoms with Crippen LogP contribution in [0.1, 0.15) is 24.0 Å². The van der Waals surface area contributed by atoms with Crippen molar-refractivity contribution in [3.05, 3.63) is 35.4 Å². The third-order valence-corrected chi connectivity index (χ3v) is 4.19. The van der Waals surface area contributed by atoms with Crippen LogP contribution in [0.4, 0.5) is 0 Å². The Kier molecular flexibility index (Phi) is 3.08. The van der Waals surface area contributed by atoms with Gasteiger partial charge in [-0.1, -0.05) is 24.3 Å². The summed E-state index contributed by atoms with van der Waals surface area (Å²) in [6.07, 6.45) is 3.19. The maximum atomic E-state index is 12.5. The van der Waals surface area contributed by atoms with Gasteiger partial charge in [-0.25, -0.2) is 0 Å². The molecule has 3 heteroatoms. The Morgan fingerprint density at radius 1 is 1.17 bits per heavy atom. The fraction of sp³-hybridized carbons (Fsp3) is 0.533. The van der Waals surface area contributed by atoms with E-state index in [2.05, 4.69) is 36.2 Å². The van der Waals surface area contributed by atoms with Crippen molar-refractivity contribution < 1.29 is 4.79 Å². The highest BCUT2D eigenvalue weighted by atomic mass is 16.2. The maximum absolute atomic E-state index is 12.5. The van der Waals surface area contributed by atoms with Crippen molar-refractivity contribution in [1.29, 1.82) is 0 Å². The van der Waals surface area contributed by atoms with E-state index >= 15 is 0 Å². The SMILES string of the molecule is CN1Cc2ccccc2CC1C(=O)N1CCCC1. The van der Waals surface area contributed by atoms with Gasteiger partial charge in [-0.3, -0.25) is 9.69 Å². The van der Waals surface area contributed by atoms with Gasteiger partial charge < -0.3 is 4.90 Å². The Bertz CT molecular complexity index is 452. The Hall–Kier alpha value is -1.35. The summed E-state index contributed by atoms with van der Waals surface area (Å²) in [5.74, 6) is 0.324. The van der Waals surface area contributed by atoms with E-state index in [0.717, 1.165) is 26.1 Å². The molecular formula is C15H20N2O. The second-order valence-electron chi connectivity index (χ2n) is 5.44. The normalized spacial score (nSPS) is 24.1. The van der Waals surface area contributed by atoms with Gasteiger partial charge in [0.1, 0.15) is 0 Å². The number of nitrogens with zero attached hydrogens (tertiary/aromatic N) is 2. The predicted octanol–water partition coefficient (Wildman–Crippen LogP) is 1.67. The number of fused-ring (bicyclic) bond motifs is 1. The monoisotopic (exact) mass is 244 g/mol. The lowest BCUT2D eigenvalue weighted by Gasteiger charge is -2.35. The molecule has 0 saturated carbocycles. The third kappa shape index (κ3) is 2.03. The molecule has 0 N–H and O–H groups in total. The molecule has 2 aliphatic heterocycles. The molecule has 2 aliphatic rings. The van der Waals surface area contributed by atoms with Crippen LogP contribution in [0.2, 0.25) is 0 Å². The van der Waals surface area contributed by atoms with Crippen LogP contribution >= 0.6 is 0 Å². The van der Waals surface area contributed by atoms with Crippen molar-refractivity contribution in [2.45, 2.75) is 31.8 Å². The lowest BCUT2D eigenvalue weighted by atomic mass is 9.94. The number of benzene rings is 1. The van der Waals surface area contributed by atoms with Crippen LogP contribution < -0.4 is 0 Å².